The first-order valence-corrected chi connectivity index (χ1v) is 8.24. The molecule has 1 aliphatic carbocycles. The van der Waals surface area contributed by atoms with Gasteiger partial charge >= 0.3 is 0 Å². The fourth-order valence-electron chi connectivity index (χ4n) is 2.54. The number of phenols is 2. The number of benzene rings is 1. The van der Waals surface area contributed by atoms with Crippen molar-refractivity contribution in [3.05, 3.63) is 71.0 Å². The highest BCUT2D eigenvalue weighted by Crippen LogP contribution is 2.32. The molecule has 0 saturated heterocycles. The van der Waals surface area contributed by atoms with E-state index < -0.39 is 0 Å². The number of carbonyl (C=O) groups excluding carboxylic acids is 1. The van der Waals surface area contributed by atoms with Crippen LogP contribution in [0.4, 0.5) is 0 Å². The first-order valence-electron chi connectivity index (χ1n) is 8.24. The molecule has 1 unspecified atom stereocenters. The van der Waals surface area contributed by atoms with Crippen molar-refractivity contribution in [2.24, 2.45) is 5.92 Å². The molecule has 0 spiro atoms. The van der Waals surface area contributed by atoms with E-state index in [0.29, 0.717) is 12.0 Å². The molecule has 2 rings (SSSR count). The normalized spacial score (nSPS) is 16.6. The fourth-order valence-corrected chi connectivity index (χ4v) is 2.54. The van der Waals surface area contributed by atoms with Gasteiger partial charge in [-0.05, 0) is 63.0 Å². The van der Waals surface area contributed by atoms with Crippen molar-refractivity contribution in [2.75, 3.05) is 7.11 Å². The SMILES string of the molecule is COC1=CCC(C=CC(=O)c2ccc(O)c(CC=C(C)C)c2O)C=C1. The Morgan fingerprint density at radius 3 is 2.68 bits per heavy atom. The van der Waals surface area contributed by atoms with E-state index in [1.807, 2.05) is 44.2 Å². The molecule has 0 amide bonds. The minimum Gasteiger partial charge on any atom is -0.508 e. The van der Waals surface area contributed by atoms with Gasteiger partial charge in [0.25, 0.3) is 0 Å². The van der Waals surface area contributed by atoms with Crippen LogP contribution >= 0.6 is 0 Å². The van der Waals surface area contributed by atoms with Gasteiger partial charge in [-0.1, -0.05) is 23.8 Å². The zero-order valence-electron chi connectivity index (χ0n) is 14.8. The maximum Gasteiger partial charge on any atom is 0.189 e. The van der Waals surface area contributed by atoms with Crippen LogP contribution in [-0.4, -0.2) is 23.1 Å². The Morgan fingerprint density at radius 1 is 1.32 bits per heavy atom. The van der Waals surface area contributed by atoms with E-state index in [4.69, 9.17) is 4.74 Å². The zero-order chi connectivity index (χ0) is 18.4. The van der Waals surface area contributed by atoms with E-state index in [-0.39, 0.29) is 28.8 Å². The Morgan fingerprint density at radius 2 is 2.08 bits per heavy atom. The Bertz CT molecular complexity index is 762. The van der Waals surface area contributed by atoms with E-state index in [9.17, 15) is 15.0 Å². The van der Waals surface area contributed by atoms with Gasteiger partial charge in [0.1, 0.15) is 17.3 Å². The predicted molar refractivity (Wildman–Crippen MR) is 98.7 cm³/mol. The number of phenolic OH excluding ortho intramolecular Hbond substituents is 2. The summed E-state index contributed by atoms with van der Waals surface area (Å²) < 4.78 is 5.14. The lowest BCUT2D eigenvalue weighted by Gasteiger charge is -2.12. The Balaban J connectivity index is 2.16. The predicted octanol–water partition coefficient (Wildman–Crippen LogP) is 4.45. The first kappa shape index (κ1) is 18.6. The molecule has 0 aliphatic heterocycles. The van der Waals surface area contributed by atoms with Gasteiger partial charge in [-0.3, -0.25) is 4.79 Å². The van der Waals surface area contributed by atoms with E-state index in [0.717, 1.165) is 17.8 Å². The van der Waals surface area contributed by atoms with E-state index >= 15 is 0 Å². The minimum atomic E-state index is -0.286. The lowest BCUT2D eigenvalue weighted by atomic mass is 9.97. The van der Waals surface area contributed by atoms with Crippen LogP contribution < -0.4 is 0 Å². The second-order valence-corrected chi connectivity index (χ2v) is 6.24. The molecule has 0 radical (unpaired) electrons. The van der Waals surface area contributed by atoms with Crippen molar-refractivity contribution in [3.63, 3.8) is 0 Å². The average Bonchev–Trinajstić information content (AvgIpc) is 2.59. The van der Waals surface area contributed by atoms with Crippen molar-refractivity contribution in [2.45, 2.75) is 26.7 Å². The third kappa shape index (κ3) is 4.86. The number of ketones is 1. The molecule has 1 aliphatic rings. The van der Waals surface area contributed by atoms with Crippen molar-refractivity contribution in [1.29, 1.82) is 0 Å². The molecule has 0 fully saturated rings. The lowest BCUT2D eigenvalue weighted by Crippen LogP contribution is -2.01. The minimum absolute atomic E-state index is 0.0111. The summed E-state index contributed by atoms with van der Waals surface area (Å²) in [4.78, 5) is 12.4. The average molecular weight is 340 g/mol. The molecule has 4 nitrogen and oxygen atoms in total. The number of rotatable bonds is 6. The van der Waals surface area contributed by atoms with E-state index in [2.05, 4.69) is 0 Å². The van der Waals surface area contributed by atoms with E-state index in [1.165, 1.54) is 18.2 Å². The maximum atomic E-state index is 12.4. The molecule has 0 saturated carbocycles. The number of hydrogen-bond donors (Lipinski definition) is 2. The van der Waals surface area contributed by atoms with Crippen LogP contribution in [0, 0.1) is 5.92 Å². The molecular formula is C21H24O4. The highest BCUT2D eigenvalue weighted by Gasteiger charge is 2.16. The molecule has 0 aromatic heterocycles. The van der Waals surface area contributed by atoms with Crippen molar-refractivity contribution >= 4 is 5.78 Å². The van der Waals surface area contributed by atoms with Crippen LogP contribution in [0.3, 0.4) is 0 Å². The zero-order valence-corrected chi connectivity index (χ0v) is 14.8. The largest absolute Gasteiger partial charge is 0.508 e. The molecule has 0 bridgehead atoms. The lowest BCUT2D eigenvalue weighted by molar-refractivity contribution is 0.104. The van der Waals surface area contributed by atoms with Gasteiger partial charge in [0.05, 0.1) is 12.7 Å². The number of ether oxygens (including phenoxy) is 1. The number of methoxy groups -OCH3 is 1. The third-order valence-electron chi connectivity index (χ3n) is 4.07. The van der Waals surface area contributed by atoms with Gasteiger partial charge in [-0.15, -0.1) is 0 Å². The second-order valence-electron chi connectivity index (χ2n) is 6.24. The van der Waals surface area contributed by atoms with Gasteiger partial charge < -0.3 is 14.9 Å². The first-order chi connectivity index (χ1) is 11.9. The van der Waals surface area contributed by atoms with Crippen molar-refractivity contribution < 1.29 is 19.7 Å². The summed E-state index contributed by atoms with van der Waals surface area (Å²) in [5, 5.41) is 20.3. The molecule has 0 heterocycles. The quantitative estimate of drug-likeness (QED) is 0.456. The van der Waals surface area contributed by atoms with Crippen molar-refractivity contribution in [3.8, 4) is 11.5 Å². The summed E-state index contributed by atoms with van der Waals surface area (Å²) in [7, 11) is 1.62. The smallest absolute Gasteiger partial charge is 0.189 e. The fraction of sp³-hybridized carbons (Fsp3) is 0.286. The number of carbonyl (C=O) groups is 1. The van der Waals surface area contributed by atoms with E-state index in [1.54, 1.807) is 7.11 Å². The van der Waals surface area contributed by atoms with Gasteiger partial charge in [-0.2, -0.15) is 0 Å². The summed E-state index contributed by atoms with van der Waals surface area (Å²) in [6, 6.07) is 2.89. The molecule has 1 atom stereocenters. The van der Waals surface area contributed by atoms with Gasteiger partial charge in [0.2, 0.25) is 0 Å². The van der Waals surface area contributed by atoms with Crippen LogP contribution in [0.15, 0.2) is 59.9 Å². The summed E-state index contributed by atoms with van der Waals surface area (Å²) in [6.07, 6.45) is 12.1. The maximum absolute atomic E-state index is 12.4. The molecule has 4 heteroatoms. The van der Waals surface area contributed by atoms with Gasteiger partial charge in [0, 0.05) is 5.56 Å². The van der Waals surface area contributed by atoms with Crippen molar-refractivity contribution in [1.82, 2.24) is 0 Å². The summed E-state index contributed by atoms with van der Waals surface area (Å²) in [5.41, 5.74) is 1.63. The highest BCUT2D eigenvalue weighted by molar-refractivity contribution is 6.07. The summed E-state index contributed by atoms with van der Waals surface area (Å²) in [5.74, 6) is 0.477. The Kier molecular flexibility index (Phi) is 6.23. The second kappa shape index (κ2) is 8.38. The highest BCUT2D eigenvalue weighted by atomic mass is 16.5. The molecule has 25 heavy (non-hydrogen) atoms. The Labute approximate surface area is 148 Å². The molecule has 1 aromatic rings. The van der Waals surface area contributed by atoms with Crippen LogP contribution in [-0.2, 0) is 11.2 Å². The monoisotopic (exact) mass is 340 g/mol. The third-order valence-corrected chi connectivity index (χ3v) is 4.07. The van der Waals surface area contributed by atoms with Crippen LogP contribution in [0.2, 0.25) is 0 Å². The molecular weight excluding hydrogens is 316 g/mol. The number of aromatic hydroxyl groups is 2. The molecule has 132 valence electrons. The number of hydrogen-bond acceptors (Lipinski definition) is 4. The number of allylic oxidation sites excluding steroid dienone is 7. The standard InChI is InChI=1S/C21H24O4/c1-14(2)4-10-17-20(23)13-11-18(21(17)24)19(22)12-7-15-5-8-16(25-3)9-6-15/h4-5,7-9,11-13,15,23-24H,6,10H2,1-3H3. The topological polar surface area (TPSA) is 66.8 Å². The molecule has 1 aromatic carbocycles. The van der Waals surface area contributed by atoms with Crippen LogP contribution in [0.5, 0.6) is 11.5 Å². The van der Waals surface area contributed by atoms with Gasteiger partial charge in [-0.25, -0.2) is 0 Å². The van der Waals surface area contributed by atoms with Crippen LogP contribution in [0.25, 0.3) is 0 Å². The van der Waals surface area contributed by atoms with Gasteiger partial charge in [0.15, 0.2) is 5.78 Å². The summed E-state index contributed by atoms with van der Waals surface area (Å²) >= 11 is 0. The summed E-state index contributed by atoms with van der Waals surface area (Å²) in [6.45, 7) is 3.87. The van der Waals surface area contributed by atoms with Crippen LogP contribution in [0.1, 0.15) is 36.2 Å². The molecule has 2 N–H and O–H groups in total. The Hall–Kier alpha value is -2.75.